The fourth-order valence-electron chi connectivity index (χ4n) is 11.6. The average molecular weight is 1430 g/mol. The van der Waals surface area contributed by atoms with E-state index in [-0.39, 0.29) is 121 Å². The van der Waals surface area contributed by atoms with Gasteiger partial charge in [0.1, 0.15) is 30.2 Å². The number of hydrogen-bond acceptors (Lipinski definition) is 18. The molecule has 35 heteroatoms. The Kier molecular flexibility index (Phi) is 38.4. The quantitative estimate of drug-likeness (QED) is 0.0248. The predicted octanol–water partition coefficient (Wildman–Crippen LogP) is 1.28. The Labute approximate surface area is 576 Å². The van der Waals surface area contributed by atoms with Gasteiger partial charge in [-0.1, -0.05) is 79.4 Å². The van der Waals surface area contributed by atoms with Crippen molar-refractivity contribution < 1.29 is 112 Å². The van der Waals surface area contributed by atoms with Crippen molar-refractivity contribution in [1.29, 1.82) is 0 Å². The molecule has 0 radical (unpaired) electrons. The normalized spacial score (nSPS) is 15.5. The fraction of sp³-hybridized carbons (Fsp3) is 0.688. The first-order valence-corrected chi connectivity index (χ1v) is 35.2. The van der Waals surface area contributed by atoms with Gasteiger partial charge >= 0.3 is 53.8 Å². The zero-order valence-electron chi connectivity index (χ0n) is 57.6. The van der Waals surface area contributed by atoms with Crippen LogP contribution in [-0.2, 0) is 57.5 Å². The molecule has 7 amide bonds. The zero-order valence-corrected chi connectivity index (χ0v) is 58.6. The second-order valence-corrected chi connectivity index (χ2v) is 31.6. The van der Waals surface area contributed by atoms with Gasteiger partial charge in [0.2, 0.25) is 23.6 Å². The second-order valence-electron chi connectivity index (χ2n) is 26.7. The van der Waals surface area contributed by atoms with Crippen molar-refractivity contribution in [2.75, 3.05) is 91.6 Å². The largest absolute Gasteiger partial charge is 0.481 e. The number of nitrogens with zero attached hydrogens (tertiary/aromatic N) is 4. The van der Waals surface area contributed by atoms with Crippen LogP contribution in [0.4, 0.5) is 8.90 Å². The summed E-state index contributed by atoms with van der Waals surface area (Å²) >= 11 is 0. The van der Waals surface area contributed by atoms with E-state index in [0.717, 1.165) is 0 Å². The number of nitrogens with one attached hydrogen (secondary N) is 7. The van der Waals surface area contributed by atoms with Gasteiger partial charge in [-0.25, -0.2) is 19.2 Å². The highest BCUT2D eigenvalue weighted by molar-refractivity contribution is 6.90. The summed E-state index contributed by atoms with van der Waals surface area (Å²) in [6, 6.07) is -2.60. The van der Waals surface area contributed by atoms with Crippen LogP contribution in [0.2, 0.25) is 10.1 Å². The second kappa shape index (κ2) is 43.9. The number of rotatable bonds is 44. The molecule has 99 heavy (non-hydrogen) atoms. The molecule has 1 aromatic rings. The molecule has 1 fully saturated rings. The third-order valence-electron chi connectivity index (χ3n) is 16.8. The maximum absolute atomic E-state index is 17.1. The predicted molar refractivity (Wildman–Crippen MR) is 358 cm³/mol. The molecule has 1 aliphatic heterocycles. The van der Waals surface area contributed by atoms with Gasteiger partial charge in [-0.05, 0) is 85.2 Å². The number of carboxylic acids is 8. The molecule has 0 unspecified atom stereocenters. The van der Waals surface area contributed by atoms with Crippen LogP contribution in [0.5, 0.6) is 0 Å². The summed E-state index contributed by atoms with van der Waals surface area (Å²) in [5.74, 6) is -13.6. The molecule has 1 heterocycles. The monoisotopic (exact) mass is 1430 g/mol. The van der Waals surface area contributed by atoms with Crippen LogP contribution in [0.1, 0.15) is 161 Å². The smallest absolute Gasteiger partial charge is 0.326 e. The minimum Gasteiger partial charge on any atom is -0.481 e. The molecule has 0 bridgehead atoms. The lowest BCUT2D eigenvalue weighted by Gasteiger charge is -2.44. The number of amides is 7. The maximum atomic E-state index is 17.1. The summed E-state index contributed by atoms with van der Waals surface area (Å²) in [5.41, 5.74) is 0.0792. The van der Waals surface area contributed by atoms with Crippen LogP contribution >= 0.6 is 0 Å². The number of aliphatic carboxylic acids is 8. The first kappa shape index (κ1) is 86.7. The van der Waals surface area contributed by atoms with E-state index < -0.39 is 172 Å². The van der Waals surface area contributed by atoms with Crippen molar-refractivity contribution in [2.45, 2.75) is 191 Å². The molecule has 558 valence electrons. The lowest BCUT2D eigenvalue weighted by atomic mass is 10.1. The highest BCUT2D eigenvalue weighted by Crippen LogP contribution is 2.51. The Morgan fingerprint density at radius 2 is 0.828 bits per heavy atom. The molecule has 2 rings (SSSR count). The van der Waals surface area contributed by atoms with E-state index >= 15 is 4.11 Å². The van der Waals surface area contributed by atoms with E-state index in [1.807, 2.05) is 41.5 Å². The number of halogens is 1. The van der Waals surface area contributed by atoms with Crippen LogP contribution in [0.15, 0.2) is 24.3 Å². The molecule has 1 aliphatic rings. The van der Waals surface area contributed by atoms with Crippen molar-refractivity contribution in [3.05, 3.63) is 29.8 Å². The van der Waals surface area contributed by atoms with Crippen molar-refractivity contribution >= 4 is 96.9 Å². The number of carbonyl (C=O) groups excluding carboxylic acids is 6. The minimum atomic E-state index is -3.74. The van der Waals surface area contributed by atoms with E-state index in [2.05, 4.69) is 37.2 Å². The molecule has 33 nitrogen and oxygen atoms in total. The summed E-state index contributed by atoms with van der Waals surface area (Å²) in [5, 5.41) is 93.5. The third kappa shape index (κ3) is 33.8. The number of unbranched alkanes of at least 4 members (excludes halogenated alkanes) is 6. The van der Waals surface area contributed by atoms with Gasteiger partial charge in [-0.2, -0.15) is 0 Å². The van der Waals surface area contributed by atoms with Crippen LogP contribution in [0.25, 0.3) is 0 Å². The summed E-state index contributed by atoms with van der Waals surface area (Å²) in [6.07, 6.45) is 2.56. The molecular weight excluding hydrogens is 1320 g/mol. The Balaban J connectivity index is 2.06. The third-order valence-corrected chi connectivity index (χ3v) is 22.1. The van der Waals surface area contributed by atoms with Crippen molar-refractivity contribution in [2.24, 2.45) is 0 Å². The van der Waals surface area contributed by atoms with E-state index in [0.29, 0.717) is 50.1 Å². The molecule has 5 atom stereocenters. The van der Waals surface area contributed by atoms with Crippen molar-refractivity contribution in [3.8, 4) is 0 Å². The molecule has 15 N–H and O–H groups in total. The lowest BCUT2D eigenvalue weighted by molar-refractivity contribution is -0.145. The van der Waals surface area contributed by atoms with Gasteiger partial charge in [-0.3, -0.25) is 67.5 Å². The molecule has 0 saturated carbocycles. The topological polar surface area (TPSA) is 498 Å². The molecule has 1 aromatic carbocycles. The Morgan fingerprint density at radius 1 is 0.424 bits per heavy atom. The van der Waals surface area contributed by atoms with E-state index in [9.17, 15) is 103 Å². The Hall–Kier alpha value is -8.41. The van der Waals surface area contributed by atoms with Crippen LogP contribution in [0, 0.1) is 0 Å². The summed E-state index contributed by atoms with van der Waals surface area (Å²) < 4.78 is 17.1. The fourth-order valence-corrected chi connectivity index (χ4v) is 16.2. The molecule has 0 aromatic heterocycles. The molecule has 0 spiro atoms. The van der Waals surface area contributed by atoms with Gasteiger partial charge in [0.05, 0.1) is 19.6 Å². The first-order chi connectivity index (χ1) is 46.3. The number of carboxylic acid groups (broad SMARTS) is 8. The number of urea groups is 1. The van der Waals surface area contributed by atoms with Crippen LogP contribution < -0.4 is 42.4 Å². The number of benzene rings is 1. The van der Waals surface area contributed by atoms with E-state index in [1.54, 1.807) is 12.1 Å². The summed E-state index contributed by atoms with van der Waals surface area (Å²) in [7, 11) is -3.74. The number of carbonyl (C=O) groups is 14. The van der Waals surface area contributed by atoms with Crippen molar-refractivity contribution in [1.82, 2.24) is 56.8 Å². The Bertz CT molecular complexity index is 2830. The minimum absolute atomic E-state index is 0.0257. The molecule has 0 aliphatic carbocycles. The SMILES string of the molecule is CC(C)(C)[Si](F)(c1ccc(C(=O)NC[C@H](NC(=O)CC[C@H](C(=O)O)N2CCN(CC(=O)O)CCN(CC(=O)O)CCN(CC(=O)O)CC2)C(=O)N[C@@H](CCCCCNC(=O)CCCCCCC(=O)NCCCC[C@H](NC(=O)N[C@@H](CCC(=O)O)C(=O)O)C(=O)O)C(=O)O)cc1)C(C)(C)C. The van der Waals surface area contributed by atoms with Crippen molar-refractivity contribution in [3.63, 3.8) is 0 Å². The maximum Gasteiger partial charge on any atom is 0.326 e. The van der Waals surface area contributed by atoms with E-state index in [4.69, 9.17) is 5.11 Å². The van der Waals surface area contributed by atoms with Gasteiger partial charge in [-0.15, -0.1) is 0 Å². The number of hydrogen-bond donors (Lipinski definition) is 15. The molecular formula is C64H104FN11O22Si. The van der Waals surface area contributed by atoms with Crippen LogP contribution in [-0.4, -0.2) is 274 Å². The van der Waals surface area contributed by atoms with Gasteiger partial charge in [0.25, 0.3) is 14.3 Å². The molecule has 1 saturated heterocycles. The summed E-state index contributed by atoms with van der Waals surface area (Å²) in [6.45, 7) is 9.54. The van der Waals surface area contributed by atoms with Gasteiger partial charge in [0, 0.05) is 103 Å². The van der Waals surface area contributed by atoms with Gasteiger partial charge < -0.3 is 82.2 Å². The summed E-state index contributed by atoms with van der Waals surface area (Å²) in [4.78, 5) is 180. The zero-order chi connectivity index (χ0) is 74.6. The lowest BCUT2D eigenvalue weighted by Crippen LogP contribution is -2.58. The Morgan fingerprint density at radius 3 is 1.24 bits per heavy atom. The highest BCUT2D eigenvalue weighted by atomic mass is 28.4. The standard InChI is InChI=1S/C64H104FN11O22Si/c1-63(2,3)99(65,64(4,5)6)43-22-20-42(21-23-43)56(88)68-38-47(69-51(79)26-25-48(61(96)97)76-36-34-74(40-54(84)85)32-30-73(39-53(82)83)31-33-75(35-37-76)41-55(86)87)57(89)70-44(58(90)91)16-10-9-14-28-66-49(77)18-11-7-8-12-19-50(78)67-29-15-13-17-45(59(92)93)71-62(98)72-46(60(94)95)24-27-52(80)81/h20-23,44-48H,7-19,24-41H2,1-6H3,(H,66,77)(H,67,78)(H,68,88)(H,69,79)(H,70,89)(H,80,81)(H,82,83)(H,84,85)(H,86,87)(H,90,91)(H,92,93)(H,94,95)(H,96,97)(H2,71,72,98)/t44-,45-,46-,47-,48+/m0/s1. The first-order valence-electron chi connectivity index (χ1n) is 33.3. The van der Waals surface area contributed by atoms with Crippen LogP contribution in [0.3, 0.4) is 0 Å². The highest BCUT2D eigenvalue weighted by Gasteiger charge is 2.56. The van der Waals surface area contributed by atoms with E-state index in [1.165, 1.54) is 31.7 Å². The van der Waals surface area contributed by atoms with Gasteiger partial charge in [0.15, 0.2) is 0 Å². The average Bonchev–Trinajstić information content (AvgIpc) is 0.749.